The number of nitrogens with one attached hydrogen (secondary N) is 1. The van der Waals surface area contributed by atoms with Crippen molar-refractivity contribution in [1.82, 2.24) is 10.2 Å². The Morgan fingerprint density at radius 1 is 1.39 bits per heavy atom. The van der Waals surface area contributed by atoms with Gasteiger partial charge in [0.2, 0.25) is 0 Å². The first-order valence-electron chi connectivity index (χ1n) is 7.36. The smallest absolute Gasteiger partial charge is 0.286 e. The first kappa shape index (κ1) is 17.0. The van der Waals surface area contributed by atoms with Crippen molar-refractivity contribution in [3.05, 3.63) is 27.8 Å². The van der Waals surface area contributed by atoms with Gasteiger partial charge in [-0.3, -0.25) is 14.9 Å². The quantitative estimate of drug-likeness (QED) is 0.626. The third kappa shape index (κ3) is 3.53. The number of carbonyl (C=O) groups is 1. The van der Waals surface area contributed by atoms with Gasteiger partial charge in [-0.15, -0.1) is 0 Å². The molecule has 126 valence electrons. The van der Waals surface area contributed by atoms with Crippen LogP contribution in [0.15, 0.2) is 12.1 Å². The average molecular weight is 323 g/mol. The number of rotatable bonds is 6. The molecule has 1 aliphatic rings. The van der Waals surface area contributed by atoms with Crippen LogP contribution in [0.2, 0.25) is 0 Å². The van der Waals surface area contributed by atoms with Crippen LogP contribution < -0.4 is 14.8 Å². The third-order valence-corrected chi connectivity index (χ3v) is 3.99. The number of benzene rings is 1. The van der Waals surface area contributed by atoms with E-state index in [9.17, 15) is 14.9 Å². The highest BCUT2D eigenvalue weighted by atomic mass is 16.6. The van der Waals surface area contributed by atoms with Crippen LogP contribution in [0.3, 0.4) is 0 Å². The normalized spacial score (nSPS) is 17.2. The van der Waals surface area contributed by atoms with Crippen LogP contribution >= 0.6 is 0 Å². The molecule has 1 fully saturated rings. The topological polar surface area (TPSA) is 93.9 Å². The van der Waals surface area contributed by atoms with Gasteiger partial charge < -0.3 is 19.7 Å². The lowest BCUT2D eigenvalue weighted by Gasteiger charge is -2.17. The summed E-state index contributed by atoms with van der Waals surface area (Å²) in [6.07, 6.45) is 0.883. The molecule has 1 heterocycles. The molecule has 23 heavy (non-hydrogen) atoms. The summed E-state index contributed by atoms with van der Waals surface area (Å²) in [4.78, 5) is 25.1. The van der Waals surface area contributed by atoms with Crippen molar-refractivity contribution in [2.45, 2.75) is 6.42 Å². The van der Waals surface area contributed by atoms with Crippen molar-refractivity contribution in [2.24, 2.45) is 5.92 Å². The SMILES string of the molecule is CNCC1CCN(C(=O)c2cc(OC)c(OC)cc2[N+](=O)[O-])C1. The lowest BCUT2D eigenvalue weighted by molar-refractivity contribution is -0.385. The van der Waals surface area contributed by atoms with Crippen LogP contribution in [0.4, 0.5) is 5.69 Å². The lowest BCUT2D eigenvalue weighted by atomic mass is 10.1. The van der Waals surface area contributed by atoms with Gasteiger partial charge in [-0.25, -0.2) is 0 Å². The molecule has 0 spiro atoms. The predicted molar refractivity (Wildman–Crippen MR) is 84.1 cm³/mol. The highest BCUT2D eigenvalue weighted by molar-refractivity contribution is 5.99. The number of nitrogens with zero attached hydrogens (tertiary/aromatic N) is 2. The Kier molecular flexibility index (Phi) is 5.38. The molecule has 0 aliphatic carbocycles. The van der Waals surface area contributed by atoms with Crippen molar-refractivity contribution in [3.63, 3.8) is 0 Å². The highest BCUT2D eigenvalue weighted by Crippen LogP contribution is 2.35. The fourth-order valence-corrected chi connectivity index (χ4v) is 2.83. The Hall–Kier alpha value is -2.35. The zero-order valence-electron chi connectivity index (χ0n) is 13.5. The lowest BCUT2D eigenvalue weighted by Crippen LogP contribution is -2.30. The Morgan fingerprint density at radius 2 is 2.04 bits per heavy atom. The molecule has 1 saturated heterocycles. The average Bonchev–Trinajstić information content (AvgIpc) is 3.01. The summed E-state index contributed by atoms with van der Waals surface area (Å²) in [5.74, 6) is 0.539. The van der Waals surface area contributed by atoms with Crippen molar-refractivity contribution in [2.75, 3.05) is 40.9 Å². The summed E-state index contributed by atoms with van der Waals surface area (Å²) in [5, 5.41) is 14.4. The summed E-state index contributed by atoms with van der Waals surface area (Å²) in [6, 6.07) is 2.61. The number of hydrogen-bond donors (Lipinski definition) is 1. The molecule has 1 aromatic rings. The fraction of sp³-hybridized carbons (Fsp3) is 0.533. The van der Waals surface area contributed by atoms with Crippen LogP contribution in [-0.2, 0) is 0 Å². The van der Waals surface area contributed by atoms with Gasteiger partial charge in [0.05, 0.1) is 25.2 Å². The number of ether oxygens (including phenoxy) is 2. The fourth-order valence-electron chi connectivity index (χ4n) is 2.83. The molecule has 1 unspecified atom stereocenters. The summed E-state index contributed by atoms with van der Waals surface area (Å²) >= 11 is 0. The largest absolute Gasteiger partial charge is 0.493 e. The molecular weight excluding hydrogens is 302 g/mol. The maximum atomic E-state index is 12.7. The number of nitro benzene ring substituents is 1. The minimum Gasteiger partial charge on any atom is -0.493 e. The molecule has 0 bridgehead atoms. The van der Waals surface area contributed by atoms with E-state index in [-0.39, 0.29) is 22.9 Å². The Labute approximate surface area is 134 Å². The highest BCUT2D eigenvalue weighted by Gasteiger charge is 2.32. The van der Waals surface area contributed by atoms with E-state index in [1.54, 1.807) is 4.90 Å². The number of likely N-dealkylation sites (tertiary alicyclic amines) is 1. The van der Waals surface area contributed by atoms with Crippen LogP contribution in [0.25, 0.3) is 0 Å². The van der Waals surface area contributed by atoms with Gasteiger partial charge in [0.15, 0.2) is 11.5 Å². The molecule has 8 heteroatoms. The van der Waals surface area contributed by atoms with E-state index < -0.39 is 4.92 Å². The number of nitro groups is 1. The molecule has 1 aliphatic heterocycles. The van der Waals surface area contributed by atoms with E-state index in [2.05, 4.69) is 5.32 Å². The summed E-state index contributed by atoms with van der Waals surface area (Å²) in [5.41, 5.74) is -0.248. The van der Waals surface area contributed by atoms with Gasteiger partial charge in [-0.1, -0.05) is 0 Å². The number of amides is 1. The van der Waals surface area contributed by atoms with Crippen LogP contribution in [0.5, 0.6) is 11.5 Å². The molecule has 1 amide bonds. The Balaban J connectivity index is 2.34. The van der Waals surface area contributed by atoms with Crippen molar-refractivity contribution in [3.8, 4) is 11.5 Å². The summed E-state index contributed by atoms with van der Waals surface area (Å²) in [7, 11) is 4.69. The number of methoxy groups -OCH3 is 2. The second kappa shape index (κ2) is 7.28. The summed E-state index contributed by atoms with van der Waals surface area (Å²) < 4.78 is 10.2. The van der Waals surface area contributed by atoms with Crippen LogP contribution in [0.1, 0.15) is 16.8 Å². The molecule has 0 radical (unpaired) electrons. The van der Waals surface area contributed by atoms with Gasteiger partial charge in [0.25, 0.3) is 11.6 Å². The van der Waals surface area contributed by atoms with Gasteiger partial charge >= 0.3 is 0 Å². The van der Waals surface area contributed by atoms with Crippen molar-refractivity contribution < 1.29 is 19.2 Å². The first-order chi connectivity index (χ1) is 11.0. The van der Waals surface area contributed by atoms with E-state index in [4.69, 9.17) is 9.47 Å². The molecule has 0 saturated carbocycles. The molecule has 1 aromatic carbocycles. The maximum Gasteiger partial charge on any atom is 0.286 e. The predicted octanol–water partition coefficient (Wildman–Crippen LogP) is 1.29. The Bertz CT molecular complexity index is 605. The summed E-state index contributed by atoms with van der Waals surface area (Å²) in [6.45, 7) is 2.00. The maximum absolute atomic E-state index is 12.7. The second-order valence-electron chi connectivity index (χ2n) is 5.44. The number of carbonyl (C=O) groups excluding carboxylic acids is 1. The second-order valence-corrected chi connectivity index (χ2v) is 5.44. The molecule has 1 atom stereocenters. The van der Waals surface area contributed by atoms with Crippen molar-refractivity contribution in [1.29, 1.82) is 0 Å². The minimum atomic E-state index is -0.573. The third-order valence-electron chi connectivity index (χ3n) is 3.99. The zero-order valence-corrected chi connectivity index (χ0v) is 13.5. The van der Waals surface area contributed by atoms with Crippen LogP contribution in [-0.4, -0.2) is 56.6 Å². The molecule has 2 rings (SSSR count). The van der Waals surface area contributed by atoms with Gasteiger partial charge in [0.1, 0.15) is 5.56 Å². The van der Waals surface area contributed by atoms with E-state index in [0.717, 1.165) is 13.0 Å². The molecular formula is C15H21N3O5. The molecule has 0 aromatic heterocycles. The van der Waals surface area contributed by atoms with E-state index in [0.29, 0.717) is 24.8 Å². The number of hydrogen-bond acceptors (Lipinski definition) is 6. The van der Waals surface area contributed by atoms with Gasteiger partial charge in [-0.2, -0.15) is 0 Å². The standard InChI is InChI=1S/C15H21N3O5/c1-16-8-10-4-5-17(9-10)15(19)11-6-13(22-2)14(23-3)7-12(11)18(20)21/h6-7,10,16H,4-5,8-9H2,1-3H3. The van der Waals surface area contributed by atoms with Gasteiger partial charge in [0, 0.05) is 19.2 Å². The molecule has 1 N–H and O–H groups in total. The van der Waals surface area contributed by atoms with Crippen LogP contribution in [0, 0.1) is 16.0 Å². The van der Waals surface area contributed by atoms with Gasteiger partial charge in [-0.05, 0) is 25.9 Å². The minimum absolute atomic E-state index is 0.0257. The van der Waals surface area contributed by atoms with Crippen molar-refractivity contribution >= 4 is 11.6 Å². The van der Waals surface area contributed by atoms with E-state index in [1.807, 2.05) is 7.05 Å². The Morgan fingerprint density at radius 3 is 2.61 bits per heavy atom. The molecule has 8 nitrogen and oxygen atoms in total. The monoisotopic (exact) mass is 323 g/mol. The van der Waals surface area contributed by atoms with E-state index >= 15 is 0 Å². The first-order valence-corrected chi connectivity index (χ1v) is 7.36. The van der Waals surface area contributed by atoms with E-state index in [1.165, 1.54) is 26.4 Å². The zero-order chi connectivity index (χ0) is 17.0.